The van der Waals surface area contributed by atoms with E-state index in [4.69, 9.17) is 9.47 Å². The van der Waals surface area contributed by atoms with Crippen LogP contribution >= 0.6 is 0 Å². The molecule has 0 saturated heterocycles. The van der Waals surface area contributed by atoms with Gasteiger partial charge in [0.25, 0.3) is 0 Å². The smallest absolute Gasteiger partial charge is 0.231 e. The van der Waals surface area contributed by atoms with Crippen LogP contribution in [-0.2, 0) is 19.5 Å². The van der Waals surface area contributed by atoms with Crippen LogP contribution in [0, 0.1) is 6.92 Å². The molecule has 28 heavy (non-hydrogen) atoms. The van der Waals surface area contributed by atoms with Crippen molar-refractivity contribution in [2.75, 3.05) is 23.6 Å². The number of hydrogen-bond donors (Lipinski definition) is 1. The number of benzene rings is 1. The first kappa shape index (κ1) is 16.8. The van der Waals surface area contributed by atoms with E-state index >= 15 is 0 Å². The van der Waals surface area contributed by atoms with Crippen LogP contribution in [0.3, 0.4) is 0 Å². The fourth-order valence-electron chi connectivity index (χ4n) is 3.57. The number of ether oxygens (including phenoxy) is 2. The lowest BCUT2D eigenvalue weighted by Crippen LogP contribution is -2.32. The van der Waals surface area contributed by atoms with Crippen LogP contribution in [0.4, 0.5) is 11.6 Å². The molecular formula is C21H21N5O2. The maximum Gasteiger partial charge on any atom is 0.231 e. The molecule has 2 aromatic heterocycles. The van der Waals surface area contributed by atoms with E-state index in [1.807, 2.05) is 31.3 Å². The van der Waals surface area contributed by atoms with Crippen molar-refractivity contribution in [3.63, 3.8) is 0 Å². The minimum Gasteiger partial charge on any atom is -0.454 e. The molecule has 0 fully saturated rings. The monoisotopic (exact) mass is 375 g/mol. The van der Waals surface area contributed by atoms with Crippen molar-refractivity contribution in [3.8, 4) is 11.5 Å². The average molecular weight is 375 g/mol. The highest BCUT2D eigenvalue weighted by Gasteiger charge is 2.22. The number of anilines is 2. The molecule has 2 aliphatic heterocycles. The Labute approximate surface area is 163 Å². The number of pyridine rings is 1. The topological polar surface area (TPSA) is 72.4 Å². The molecule has 0 radical (unpaired) electrons. The number of hydrogen-bond acceptors (Lipinski definition) is 7. The van der Waals surface area contributed by atoms with Crippen molar-refractivity contribution in [2.45, 2.75) is 26.4 Å². The van der Waals surface area contributed by atoms with Crippen molar-refractivity contribution < 1.29 is 9.47 Å². The van der Waals surface area contributed by atoms with E-state index in [9.17, 15) is 0 Å². The zero-order valence-corrected chi connectivity index (χ0v) is 15.7. The van der Waals surface area contributed by atoms with Gasteiger partial charge >= 0.3 is 0 Å². The number of aryl methyl sites for hydroxylation is 1. The molecule has 3 aromatic rings. The first-order valence-electron chi connectivity index (χ1n) is 9.39. The van der Waals surface area contributed by atoms with Crippen LogP contribution < -0.4 is 19.7 Å². The Kier molecular flexibility index (Phi) is 4.20. The number of rotatable bonds is 4. The van der Waals surface area contributed by atoms with Crippen molar-refractivity contribution in [3.05, 3.63) is 65.2 Å². The van der Waals surface area contributed by atoms with Crippen LogP contribution in [0.2, 0.25) is 0 Å². The Bertz CT molecular complexity index is 1010. The molecule has 7 nitrogen and oxygen atoms in total. The molecule has 5 rings (SSSR count). The van der Waals surface area contributed by atoms with Crippen molar-refractivity contribution >= 4 is 11.6 Å². The summed E-state index contributed by atoms with van der Waals surface area (Å²) in [5.41, 5.74) is 4.52. The fraction of sp³-hybridized carbons (Fsp3) is 0.286. The molecule has 1 N–H and O–H groups in total. The largest absolute Gasteiger partial charge is 0.454 e. The maximum atomic E-state index is 5.46. The molecule has 1 aromatic carbocycles. The summed E-state index contributed by atoms with van der Waals surface area (Å²) in [5, 5.41) is 3.47. The molecule has 7 heteroatoms. The van der Waals surface area contributed by atoms with E-state index in [-0.39, 0.29) is 6.79 Å². The third-order valence-corrected chi connectivity index (χ3v) is 5.12. The molecule has 142 valence electrons. The van der Waals surface area contributed by atoms with Gasteiger partial charge < -0.3 is 19.7 Å². The normalized spacial score (nSPS) is 14.7. The van der Waals surface area contributed by atoms with Crippen molar-refractivity contribution in [2.24, 2.45) is 0 Å². The lowest BCUT2D eigenvalue weighted by Gasteiger charge is -2.30. The summed E-state index contributed by atoms with van der Waals surface area (Å²) in [6, 6.07) is 10.2. The Balaban J connectivity index is 1.35. The SMILES string of the molecule is Cc1ccc(N2CCc3ncnc(NCc4ccc5c(c4)OCO5)c3C2)nc1. The highest BCUT2D eigenvalue weighted by atomic mass is 16.7. The number of nitrogens with one attached hydrogen (secondary N) is 1. The summed E-state index contributed by atoms with van der Waals surface area (Å²) in [7, 11) is 0. The van der Waals surface area contributed by atoms with Gasteiger partial charge in [0.05, 0.1) is 5.69 Å². The Morgan fingerprint density at radius 3 is 2.89 bits per heavy atom. The van der Waals surface area contributed by atoms with Gasteiger partial charge in [-0.25, -0.2) is 15.0 Å². The molecule has 0 saturated carbocycles. The van der Waals surface area contributed by atoms with E-state index in [0.717, 1.165) is 65.0 Å². The zero-order valence-electron chi connectivity index (χ0n) is 15.7. The predicted octanol–water partition coefficient (Wildman–Crippen LogP) is 3.08. The summed E-state index contributed by atoms with van der Waals surface area (Å²) in [6.45, 7) is 4.64. The number of fused-ring (bicyclic) bond motifs is 2. The first-order valence-corrected chi connectivity index (χ1v) is 9.39. The van der Waals surface area contributed by atoms with Crippen LogP contribution in [0.1, 0.15) is 22.4 Å². The number of aromatic nitrogens is 3. The van der Waals surface area contributed by atoms with Gasteiger partial charge in [-0.1, -0.05) is 12.1 Å². The van der Waals surface area contributed by atoms with Crippen LogP contribution in [0.5, 0.6) is 11.5 Å². The van der Waals surface area contributed by atoms with Crippen LogP contribution in [0.15, 0.2) is 42.9 Å². The molecule has 0 aliphatic carbocycles. The van der Waals surface area contributed by atoms with Gasteiger partial charge in [-0.3, -0.25) is 0 Å². The van der Waals surface area contributed by atoms with Crippen LogP contribution in [0.25, 0.3) is 0 Å². The standard InChI is InChI=1S/C21H21N5O2/c1-14-2-5-20(22-9-14)26-7-6-17-16(11-26)21(25-12-24-17)23-10-15-3-4-18-19(8-15)28-13-27-18/h2-5,8-9,12H,6-7,10-11,13H2,1H3,(H,23,24,25). The molecular weight excluding hydrogens is 354 g/mol. The van der Waals surface area contributed by atoms with E-state index in [2.05, 4.69) is 37.3 Å². The average Bonchev–Trinajstić information content (AvgIpc) is 3.20. The zero-order chi connectivity index (χ0) is 18.9. The summed E-state index contributed by atoms with van der Waals surface area (Å²) >= 11 is 0. The van der Waals surface area contributed by atoms with E-state index < -0.39 is 0 Å². The summed E-state index contributed by atoms with van der Waals surface area (Å²) < 4.78 is 10.8. The highest BCUT2D eigenvalue weighted by Crippen LogP contribution is 2.33. The molecule has 0 spiro atoms. The quantitative estimate of drug-likeness (QED) is 0.751. The fourth-order valence-corrected chi connectivity index (χ4v) is 3.57. The van der Waals surface area contributed by atoms with Gasteiger partial charge in [0, 0.05) is 37.8 Å². The highest BCUT2D eigenvalue weighted by molar-refractivity contribution is 5.53. The molecule has 2 aliphatic rings. The van der Waals surface area contributed by atoms with Gasteiger partial charge in [0.2, 0.25) is 6.79 Å². The Morgan fingerprint density at radius 2 is 2.00 bits per heavy atom. The maximum absolute atomic E-state index is 5.46. The molecule has 0 atom stereocenters. The van der Waals surface area contributed by atoms with Crippen LogP contribution in [-0.4, -0.2) is 28.3 Å². The van der Waals surface area contributed by atoms with Gasteiger partial charge in [0.1, 0.15) is 18.0 Å². The number of nitrogens with zero attached hydrogens (tertiary/aromatic N) is 4. The second kappa shape index (κ2) is 6.99. The third kappa shape index (κ3) is 3.19. The predicted molar refractivity (Wildman–Crippen MR) is 106 cm³/mol. The molecule has 4 heterocycles. The van der Waals surface area contributed by atoms with E-state index in [1.54, 1.807) is 6.33 Å². The van der Waals surface area contributed by atoms with Crippen molar-refractivity contribution in [1.82, 2.24) is 15.0 Å². The Morgan fingerprint density at radius 1 is 1.07 bits per heavy atom. The lowest BCUT2D eigenvalue weighted by molar-refractivity contribution is 0.174. The van der Waals surface area contributed by atoms with Gasteiger partial charge in [-0.05, 0) is 36.2 Å². The minimum absolute atomic E-state index is 0.286. The lowest BCUT2D eigenvalue weighted by atomic mass is 10.1. The second-order valence-electron chi connectivity index (χ2n) is 7.05. The van der Waals surface area contributed by atoms with Gasteiger partial charge in [0.15, 0.2) is 11.5 Å². The summed E-state index contributed by atoms with van der Waals surface area (Å²) in [6.07, 6.45) is 4.43. The minimum atomic E-state index is 0.286. The van der Waals surface area contributed by atoms with Gasteiger partial charge in [-0.2, -0.15) is 0 Å². The first-order chi connectivity index (χ1) is 13.8. The third-order valence-electron chi connectivity index (χ3n) is 5.12. The molecule has 0 bridgehead atoms. The summed E-state index contributed by atoms with van der Waals surface area (Å²) in [4.78, 5) is 15.8. The molecule has 0 amide bonds. The summed E-state index contributed by atoms with van der Waals surface area (Å²) in [5.74, 6) is 3.45. The Hall–Kier alpha value is -3.35. The second-order valence-corrected chi connectivity index (χ2v) is 7.05. The molecule has 0 unspecified atom stereocenters. The van der Waals surface area contributed by atoms with Crippen molar-refractivity contribution in [1.29, 1.82) is 0 Å². The van der Waals surface area contributed by atoms with E-state index in [1.165, 1.54) is 0 Å². The van der Waals surface area contributed by atoms with Gasteiger partial charge in [-0.15, -0.1) is 0 Å². The van der Waals surface area contributed by atoms with E-state index in [0.29, 0.717) is 6.54 Å².